The fraction of sp³-hybridized carbons (Fsp3) is 0.333. The van der Waals surface area contributed by atoms with Crippen LogP contribution in [0, 0.1) is 3.57 Å². The molecule has 0 spiro atoms. The molecular weight excluding hydrogens is 335 g/mol. The molecule has 0 aliphatic rings. The van der Waals surface area contributed by atoms with Crippen LogP contribution in [0.5, 0.6) is 0 Å². The number of hydrogen-bond acceptors (Lipinski definition) is 3. The van der Waals surface area contributed by atoms with Gasteiger partial charge in [-0.3, -0.25) is 0 Å². The minimum atomic E-state index is -1.06. The van der Waals surface area contributed by atoms with Crippen molar-refractivity contribution in [2.24, 2.45) is 0 Å². The van der Waals surface area contributed by atoms with E-state index in [4.69, 9.17) is 9.84 Å². The second-order valence-electron chi connectivity index (χ2n) is 4.50. The third-order valence-electron chi connectivity index (χ3n) is 1.83. The fourth-order valence-electron chi connectivity index (χ4n) is 1.15. The van der Waals surface area contributed by atoms with Gasteiger partial charge >= 0.3 is 11.9 Å². The largest absolute Gasteiger partial charge is 0.478 e. The van der Waals surface area contributed by atoms with E-state index in [9.17, 15) is 9.59 Å². The zero-order valence-corrected chi connectivity index (χ0v) is 11.9. The lowest BCUT2D eigenvalue weighted by molar-refractivity contribution is 0.00695. The first-order valence-electron chi connectivity index (χ1n) is 4.97. The zero-order valence-electron chi connectivity index (χ0n) is 9.78. The van der Waals surface area contributed by atoms with E-state index in [1.807, 2.05) is 22.6 Å². The summed E-state index contributed by atoms with van der Waals surface area (Å²) in [7, 11) is 0. The molecule has 0 saturated carbocycles. The van der Waals surface area contributed by atoms with Crippen molar-refractivity contribution in [2.75, 3.05) is 0 Å². The average molecular weight is 348 g/mol. The molecule has 1 aromatic rings. The molecular formula is C12H13IO4. The number of aromatic carboxylic acids is 1. The minimum Gasteiger partial charge on any atom is -0.478 e. The van der Waals surface area contributed by atoms with Crippen molar-refractivity contribution < 1.29 is 19.4 Å². The molecule has 0 heterocycles. The van der Waals surface area contributed by atoms with Crippen molar-refractivity contribution >= 4 is 34.5 Å². The molecule has 0 amide bonds. The van der Waals surface area contributed by atoms with Gasteiger partial charge in [-0.15, -0.1) is 0 Å². The standard InChI is InChI=1S/C12H13IO4/c1-12(2,3)17-11(16)7-4-5-9(13)8(6-7)10(14)15/h4-6H,1-3H3,(H,14,15). The topological polar surface area (TPSA) is 63.6 Å². The summed E-state index contributed by atoms with van der Waals surface area (Å²) in [5, 5.41) is 8.95. The Hall–Kier alpha value is -1.11. The van der Waals surface area contributed by atoms with Crippen LogP contribution < -0.4 is 0 Å². The summed E-state index contributed by atoms with van der Waals surface area (Å²) in [5.74, 6) is -1.57. The van der Waals surface area contributed by atoms with Crippen molar-refractivity contribution in [3.63, 3.8) is 0 Å². The van der Waals surface area contributed by atoms with Gasteiger partial charge in [-0.2, -0.15) is 0 Å². The number of benzene rings is 1. The van der Waals surface area contributed by atoms with E-state index in [1.54, 1.807) is 32.9 Å². The van der Waals surface area contributed by atoms with Crippen LogP contribution in [0.1, 0.15) is 41.5 Å². The van der Waals surface area contributed by atoms with Crippen molar-refractivity contribution in [1.82, 2.24) is 0 Å². The maximum Gasteiger partial charge on any atom is 0.338 e. The molecule has 0 fully saturated rings. The van der Waals surface area contributed by atoms with Gasteiger partial charge in [0.2, 0.25) is 0 Å². The number of carbonyl (C=O) groups excluding carboxylic acids is 1. The third-order valence-corrected chi connectivity index (χ3v) is 2.77. The van der Waals surface area contributed by atoms with Crippen molar-refractivity contribution in [3.8, 4) is 0 Å². The van der Waals surface area contributed by atoms with Crippen LogP contribution in [-0.4, -0.2) is 22.6 Å². The van der Waals surface area contributed by atoms with Gasteiger partial charge in [0.05, 0.1) is 11.1 Å². The molecule has 0 atom stereocenters. The number of halogens is 1. The van der Waals surface area contributed by atoms with Crippen molar-refractivity contribution in [2.45, 2.75) is 26.4 Å². The third kappa shape index (κ3) is 3.99. The number of carboxylic acid groups (broad SMARTS) is 1. The van der Waals surface area contributed by atoms with Crippen molar-refractivity contribution in [3.05, 3.63) is 32.9 Å². The van der Waals surface area contributed by atoms with Crippen LogP contribution in [0.3, 0.4) is 0 Å². The first-order chi connectivity index (χ1) is 7.70. The molecule has 0 aliphatic carbocycles. The molecule has 1 N–H and O–H groups in total. The average Bonchev–Trinajstić information content (AvgIpc) is 2.14. The Morgan fingerprint density at radius 1 is 1.29 bits per heavy atom. The van der Waals surface area contributed by atoms with Crippen LogP contribution >= 0.6 is 22.6 Å². The Morgan fingerprint density at radius 3 is 2.35 bits per heavy atom. The van der Waals surface area contributed by atoms with Gasteiger partial charge in [0.1, 0.15) is 5.60 Å². The van der Waals surface area contributed by atoms with Gasteiger partial charge in [0.15, 0.2) is 0 Å². The van der Waals surface area contributed by atoms with Crippen LogP contribution in [0.15, 0.2) is 18.2 Å². The summed E-state index contributed by atoms with van der Waals surface area (Å²) in [5.41, 5.74) is -0.240. The predicted molar refractivity (Wildman–Crippen MR) is 71.3 cm³/mol. The van der Waals surface area contributed by atoms with Gasteiger partial charge in [-0.1, -0.05) is 0 Å². The van der Waals surface area contributed by atoms with E-state index in [2.05, 4.69) is 0 Å². The van der Waals surface area contributed by atoms with E-state index in [0.29, 0.717) is 3.57 Å². The van der Waals surface area contributed by atoms with Crippen LogP contribution in [0.2, 0.25) is 0 Å². The van der Waals surface area contributed by atoms with Gasteiger partial charge in [0, 0.05) is 3.57 Å². The zero-order chi connectivity index (χ0) is 13.2. The molecule has 1 rings (SSSR count). The Morgan fingerprint density at radius 2 is 1.88 bits per heavy atom. The first-order valence-corrected chi connectivity index (χ1v) is 6.05. The molecule has 17 heavy (non-hydrogen) atoms. The van der Waals surface area contributed by atoms with Gasteiger partial charge < -0.3 is 9.84 Å². The molecule has 0 aliphatic heterocycles. The fourth-order valence-corrected chi connectivity index (χ4v) is 1.72. The highest BCUT2D eigenvalue weighted by Gasteiger charge is 2.19. The molecule has 0 saturated heterocycles. The monoisotopic (exact) mass is 348 g/mol. The first kappa shape index (κ1) is 14.0. The lowest BCUT2D eigenvalue weighted by Gasteiger charge is -2.19. The number of ether oxygens (including phenoxy) is 1. The number of hydrogen-bond donors (Lipinski definition) is 1. The lowest BCUT2D eigenvalue weighted by Crippen LogP contribution is -2.24. The molecule has 0 unspecified atom stereocenters. The summed E-state index contributed by atoms with van der Waals surface area (Å²) >= 11 is 1.91. The van der Waals surface area contributed by atoms with Gasteiger partial charge in [-0.25, -0.2) is 9.59 Å². The molecule has 0 bridgehead atoms. The van der Waals surface area contributed by atoms with E-state index < -0.39 is 17.5 Å². The van der Waals surface area contributed by atoms with Crippen LogP contribution in [0.4, 0.5) is 0 Å². The maximum atomic E-state index is 11.7. The highest BCUT2D eigenvalue weighted by Crippen LogP contribution is 2.17. The summed E-state index contributed by atoms with van der Waals surface area (Å²) in [6, 6.07) is 4.48. The van der Waals surface area contributed by atoms with Gasteiger partial charge in [0.25, 0.3) is 0 Å². The molecule has 0 radical (unpaired) electrons. The second-order valence-corrected chi connectivity index (χ2v) is 5.66. The molecule has 92 valence electrons. The number of esters is 1. The second kappa shape index (κ2) is 5.03. The Kier molecular flexibility index (Phi) is 4.13. The number of rotatable bonds is 2. The van der Waals surface area contributed by atoms with Gasteiger partial charge in [-0.05, 0) is 61.6 Å². The number of carboxylic acids is 1. The Bertz CT molecular complexity index is 460. The minimum absolute atomic E-state index is 0.106. The molecule has 5 heteroatoms. The highest BCUT2D eigenvalue weighted by atomic mass is 127. The van der Waals surface area contributed by atoms with E-state index in [-0.39, 0.29) is 11.1 Å². The van der Waals surface area contributed by atoms with Crippen LogP contribution in [-0.2, 0) is 4.74 Å². The predicted octanol–water partition coefficient (Wildman–Crippen LogP) is 2.94. The Balaban J connectivity index is 3.04. The Labute approximate surface area is 113 Å². The number of carbonyl (C=O) groups is 2. The normalized spacial score (nSPS) is 11.1. The lowest BCUT2D eigenvalue weighted by atomic mass is 10.1. The van der Waals surface area contributed by atoms with E-state index in [0.717, 1.165) is 0 Å². The van der Waals surface area contributed by atoms with E-state index >= 15 is 0 Å². The summed E-state index contributed by atoms with van der Waals surface area (Å²) < 4.78 is 5.75. The SMILES string of the molecule is CC(C)(C)OC(=O)c1ccc(I)c(C(=O)O)c1. The van der Waals surface area contributed by atoms with E-state index in [1.165, 1.54) is 6.07 Å². The molecule has 4 nitrogen and oxygen atoms in total. The van der Waals surface area contributed by atoms with Crippen molar-refractivity contribution in [1.29, 1.82) is 0 Å². The molecule has 1 aromatic carbocycles. The maximum absolute atomic E-state index is 11.7. The summed E-state index contributed by atoms with van der Waals surface area (Å²) in [6.45, 7) is 5.28. The molecule has 0 aromatic heterocycles. The quantitative estimate of drug-likeness (QED) is 0.659. The summed E-state index contributed by atoms with van der Waals surface area (Å²) in [6.07, 6.45) is 0. The highest BCUT2D eigenvalue weighted by molar-refractivity contribution is 14.1. The smallest absolute Gasteiger partial charge is 0.338 e. The van der Waals surface area contributed by atoms with Crippen LogP contribution in [0.25, 0.3) is 0 Å². The summed E-state index contributed by atoms with van der Waals surface area (Å²) in [4.78, 5) is 22.7.